The van der Waals surface area contributed by atoms with E-state index >= 15 is 0 Å². The quantitative estimate of drug-likeness (QED) is 0.664. The summed E-state index contributed by atoms with van der Waals surface area (Å²) in [7, 11) is 1.70. The number of imidazole rings is 1. The van der Waals surface area contributed by atoms with Crippen LogP contribution in [-0.2, 0) is 18.4 Å². The van der Waals surface area contributed by atoms with Crippen LogP contribution in [-0.4, -0.2) is 21.6 Å². The van der Waals surface area contributed by atoms with Gasteiger partial charge in [-0.1, -0.05) is 37.6 Å². The molecule has 1 heterocycles. The number of carbonyl (C=O) groups is 1. The Morgan fingerprint density at radius 2 is 1.77 bits per heavy atom. The van der Waals surface area contributed by atoms with Crippen LogP contribution >= 0.6 is 0 Å². The number of rotatable bonds is 7. The lowest BCUT2D eigenvalue weighted by atomic mass is 10.3. The minimum atomic E-state index is -0.269. The first kappa shape index (κ1) is 17.8. The zero-order valence-electron chi connectivity index (χ0n) is 15.1. The molecular formula is C20H23N3O3. The highest BCUT2D eigenvalue weighted by molar-refractivity contribution is 5.93. The number of anilines is 1. The maximum atomic E-state index is 12.5. The second kappa shape index (κ2) is 7.91. The summed E-state index contributed by atoms with van der Waals surface area (Å²) in [4.78, 5) is 25.0. The van der Waals surface area contributed by atoms with E-state index in [0.717, 1.165) is 23.9 Å². The van der Waals surface area contributed by atoms with E-state index in [9.17, 15) is 9.59 Å². The van der Waals surface area contributed by atoms with Crippen LogP contribution in [0.4, 0.5) is 5.69 Å². The van der Waals surface area contributed by atoms with Crippen molar-refractivity contribution in [3.63, 3.8) is 0 Å². The summed E-state index contributed by atoms with van der Waals surface area (Å²) in [5.74, 6) is 0.370. The maximum absolute atomic E-state index is 12.5. The van der Waals surface area contributed by atoms with Crippen LogP contribution in [0.5, 0.6) is 5.75 Å². The number of unbranched alkanes of at least 4 members (excludes halogenated alkanes) is 1. The maximum Gasteiger partial charge on any atom is 0.329 e. The zero-order valence-corrected chi connectivity index (χ0v) is 15.1. The number of hydrogen-bond donors (Lipinski definition) is 1. The molecule has 0 radical (unpaired) electrons. The molecule has 1 aromatic heterocycles. The van der Waals surface area contributed by atoms with E-state index in [1.54, 1.807) is 17.7 Å². The molecule has 0 saturated heterocycles. The van der Waals surface area contributed by atoms with Crippen molar-refractivity contribution in [1.82, 2.24) is 9.13 Å². The Balaban J connectivity index is 1.79. The number of aromatic nitrogens is 2. The summed E-state index contributed by atoms with van der Waals surface area (Å²) in [6.45, 7) is 2.65. The van der Waals surface area contributed by atoms with Gasteiger partial charge in [0.2, 0.25) is 5.91 Å². The highest BCUT2D eigenvalue weighted by atomic mass is 16.5. The molecule has 0 atom stereocenters. The molecule has 1 N–H and O–H groups in total. The van der Waals surface area contributed by atoms with E-state index in [0.29, 0.717) is 18.0 Å². The fourth-order valence-electron chi connectivity index (χ4n) is 2.87. The molecule has 0 bridgehead atoms. The van der Waals surface area contributed by atoms with E-state index < -0.39 is 0 Å². The van der Waals surface area contributed by atoms with Crippen LogP contribution in [0.2, 0.25) is 0 Å². The smallest absolute Gasteiger partial charge is 0.329 e. The molecule has 0 spiro atoms. The molecule has 3 aromatic rings. The third-order valence-electron chi connectivity index (χ3n) is 4.27. The molecule has 26 heavy (non-hydrogen) atoms. The number of hydrogen-bond acceptors (Lipinski definition) is 3. The summed E-state index contributed by atoms with van der Waals surface area (Å²) >= 11 is 0. The van der Waals surface area contributed by atoms with Gasteiger partial charge in [-0.15, -0.1) is 0 Å². The average Bonchev–Trinajstić information content (AvgIpc) is 2.89. The van der Waals surface area contributed by atoms with Crippen molar-refractivity contribution >= 4 is 22.6 Å². The van der Waals surface area contributed by atoms with Gasteiger partial charge in [0.1, 0.15) is 12.3 Å². The Labute approximate surface area is 152 Å². The fourth-order valence-corrected chi connectivity index (χ4v) is 2.87. The molecule has 0 aliphatic carbocycles. The Morgan fingerprint density at radius 3 is 2.54 bits per heavy atom. The molecule has 3 rings (SSSR count). The van der Waals surface area contributed by atoms with E-state index in [2.05, 4.69) is 12.2 Å². The van der Waals surface area contributed by atoms with Gasteiger partial charge < -0.3 is 10.1 Å². The highest BCUT2D eigenvalue weighted by Crippen LogP contribution is 2.24. The molecule has 6 heteroatoms. The van der Waals surface area contributed by atoms with E-state index in [1.807, 2.05) is 42.5 Å². The molecular weight excluding hydrogens is 330 g/mol. The van der Waals surface area contributed by atoms with Crippen molar-refractivity contribution < 1.29 is 9.53 Å². The Bertz CT molecular complexity index is 972. The first-order chi connectivity index (χ1) is 12.6. The van der Waals surface area contributed by atoms with Crippen molar-refractivity contribution in [3.8, 4) is 5.75 Å². The first-order valence-corrected chi connectivity index (χ1v) is 8.77. The summed E-state index contributed by atoms with van der Waals surface area (Å²) < 4.78 is 8.76. The van der Waals surface area contributed by atoms with E-state index in [1.165, 1.54) is 4.57 Å². The van der Waals surface area contributed by atoms with Crippen LogP contribution in [0.1, 0.15) is 19.8 Å². The van der Waals surface area contributed by atoms with Crippen molar-refractivity contribution in [2.45, 2.75) is 26.3 Å². The topological polar surface area (TPSA) is 65.3 Å². The Morgan fingerprint density at radius 1 is 1.08 bits per heavy atom. The summed E-state index contributed by atoms with van der Waals surface area (Å²) in [6.07, 6.45) is 1.99. The van der Waals surface area contributed by atoms with Crippen LogP contribution in [0.25, 0.3) is 11.0 Å². The predicted molar refractivity (Wildman–Crippen MR) is 103 cm³/mol. The lowest BCUT2D eigenvalue weighted by Crippen LogP contribution is -2.28. The molecule has 2 aromatic carbocycles. The summed E-state index contributed by atoms with van der Waals surface area (Å²) in [5.41, 5.74) is 1.94. The van der Waals surface area contributed by atoms with Crippen molar-refractivity contribution in [3.05, 3.63) is 59.0 Å². The van der Waals surface area contributed by atoms with Crippen LogP contribution in [0.15, 0.2) is 53.3 Å². The average molecular weight is 353 g/mol. The molecule has 0 aliphatic heterocycles. The van der Waals surface area contributed by atoms with Crippen LogP contribution < -0.4 is 15.7 Å². The molecule has 1 amide bonds. The van der Waals surface area contributed by atoms with E-state index in [-0.39, 0.29) is 18.1 Å². The molecule has 6 nitrogen and oxygen atoms in total. The van der Waals surface area contributed by atoms with Gasteiger partial charge in [0, 0.05) is 7.05 Å². The largest absolute Gasteiger partial charge is 0.491 e. The minimum Gasteiger partial charge on any atom is -0.491 e. The number of ether oxygens (including phenoxy) is 1. The summed E-state index contributed by atoms with van der Waals surface area (Å²) in [6, 6.07) is 14.8. The van der Waals surface area contributed by atoms with Gasteiger partial charge in [-0.05, 0) is 30.7 Å². The van der Waals surface area contributed by atoms with Crippen LogP contribution in [0, 0.1) is 0 Å². The van der Waals surface area contributed by atoms with Crippen molar-refractivity contribution in [2.75, 3.05) is 11.9 Å². The van der Waals surface area contributed by atoms with Gasteiger partial charge in [-0.3, -0.25) is 13.9 Å². The van der Waals surface area contributed by atoms with Crippen LogP contribution in [0.3, 0.4) is 0 Å². The summed E-state index contributed by atoms with van der Waals surface area (Å²) in [5, 5.41) is 2.85. The van der Waals surface area contributed by atoms with Crippen molar-refractivity contribution in [2.24, 2.45) is 7.05 Å². The number of para-hydroxylation sites is 4. The number of nitrogens with zero attached hydrogens (tertiary/aromatic N) is 2. The fraction of sp³-hybridized carbons (Fsp3) is 0.300. The number of benzene rings is 2. The monoisotopic (exact) mass is 353 g/mol. The second-order valence-electron chi connectivity index (χ2n) is 6.16. The number of aryl methyl sites for hydroxylation is 1. The number of amides is 1. The standard InChI is InChI=1S/C20H23N3O3/c1-3-4-13-26-18-12-8-5-9-15(18)21-19(24)14-23-17-11-7-6-10-16(17)22(2)20(23)25/h5-12H,3-4,13-14H2,1-2H3,(H,21,24). The number of carbonyl (C=O) groups excluding carboxylic acids is 1. The van der Waals surface area contributed by atoms with Gasteiger partial charge in [-0.25, -0.2) is 4.79 Å². The Kier molecular flexibility index (Phi) is 5.41. The van der Waals surface area contributed by atoms with Gasteiger partial charge in [0.05, 0.1) is 23.3 Å². The van der Waals surface area contributed by atoms with E-state index in [4.69, 9.17) is 4.74 Å². The van der Waals surface area contributed by atoms with Gasteiger partial charge in [-0.2, -0.15) is 0 Å². The minimum absolute atomic E-state index is 0.0521. The molecule has 0 saturated carbocycles. The number of fused-ring (bicyclic) bond motifs is 1. The second-order valence-corrected chi connectivity index (χ2v) is 6.16. The lowest BCUT2D eigenvalue weighted by Gasteiger charge is -2.12. The van der Waals surface area contributed by atoms with Gasteiger partial charge in [0.15, 0.2) is 0 Å². The first-order valence-electron chi connectivity index (χ1n) is 8.77. The lowest BCUT2D eigenvalue weighted by molar-refractivity contribution is -0.116. The molecule has 136 valence electrons. The Hall–Kier alpha value is -3.02. The molecule has 0 aliphatic rings. The van der Waals surface area contributed by atoms with Gasteiger partial charge in [0.25, 0.3) is 0 Å². The third kappa shape index (κ3) is 3.64. The predicted octanol–water partition coefficient (Wildman–Crippen LogP) is 3.16. The highest BCUT2D eigenvalue weighted by Gasteiger charge is 2.14. The number of nitrogens with one attached hydrogen (secondary N) is 1. The zero-order chi connectivity index (χ0) is 18.5. The van der Waals surface area contributed by atoms with Gasteiger partial charge >= 0.3 is 5.69 Å². The molecule has 0 unspecified atom stereocenters. The molecule has 0 fully saturated rings. The van der Waals surface area contributed by atoms with Crippen molar-refractivity contribution in [1.29, 1.82) is 0 Å². The normalized spacial score (nSPS) is 10.8. The SMILES string of the molecule is CCCCOc1ccccc1NC(=O)Cn1c(=O)n(C)c2ccccc21. The third-order valence-corrected chi connectivity index (χ3v) is 4.27.